The average molecular weight is 249 g/mol. The molecule has 0 amide bonds. The highest BCUT2D eigenvalue weighted by Gasteiger charge is 2.29. The van der Waals surface area contributed by atoms with Crippen molar-refractivity contribution >= 4 is 0 Å². The third-order valence-corrected chi connectivity index (χ3v) is 3.60. The van der Waals surface area contributed by atoms with E-state index in [-0.39, 0.29) is 0 Å². The average Bonchev–Trinajstić information content (AvgIpc) is 2.93. The van der Waals surface area contributed by atoms with Gasteiger partial charge < -0.3 is 10.5 Å². The summed E-state index contributed by atoms with van der Waals surface area (Å²) in [5, 5.41) is 0. The SMILES string of the molecule is CCN(Cc1ccccn1)C(CN)C1CCCO1. The van der Waals surface area contributed by atoms with Gasteiger partial charge in [-0.1, -0.05) is 13.0 Å². The summed E-state index contributed by atoms with van der Waals surface area (Å²) in [6.45, 7) is 5.51. The minimum absolute atomic E-state index is 0.290. The van der Waals surface area contributed by atoms with Crippen LogP contribution in [0.25, 0.3) is 0 Å². The van der Waals surface area contributed by atoms with Crippen LogP contribution in [0.2, 0.25) is 0 Å². The first-order chi connectivity index (χ1) is 8.85. The fraction of sp³-hybridized carbons (Fsp3) is 0.643. The van der Waals surface area contributed by atoms with E-state index in [2.05, 4.69) is 22.9 Å². The molecule has 2 heterocycles. The van der Waals surface area contributed by atoms with Crippen LogP contribution in [0.3, 0.4) is 0 Å². The monoisotopic (exact) mass is 249 g/mol. The molecular weight excluding hydrogens is 226 g/mol. The second-order valence-corrected chi connectivity index (χ2v) is 4.74. The van der Waals surface area contributed by atoms with Crippen LogP contribution in [0.1, 0.15) is 25.5 Å². The van der Waals surface area contributed by atoms with Gasteiger partial charge in [0.15, 0.2) is 0 Å². The molecule has 100 valence electrons. The molecule has 1 fully saturated rings. The molecule has 1 saturated heterocycles. The van der Waals surface area contributed by atoms with Crippen molar-refractivity contribution in [2.24, 2.45) is 5.73 Å². The van der Waals surface area contributed by atoms with Crippen molar-refractivity contribution in [2.45, 2.75) is 38.5 Å². The highest BCUT2D eigenvalue weighted by atomic mass is 16.5. The number of hydrogen-bond donors (Lipinski definition) is 1. The number of likely N-dealkylation sites (N-methyl/N-ethyl adjacent to an activating group) is 1. The fourth-order valence-electron chi connectivity index (χ4n) is 2.61. The van der Waals surface area contributed by atoms with E-state index in [0.717, 1.165) is 38.2 Å². The Hall–Kier alpha value is -0.970. The summed E-state index contributed by atoms with van der Waals surface area (Å²) in [6, 6.07) is 6.34. The minimum Gasteiger partial charge on any atom is -0.377 e. The second kappa shape index (κ2) is 6.83. The number of hydrogen-bond acceptors (Lipinski definition) is 4. The van der Waals surface area contributed by atoms with Crippen molar-refractivity contribution in [1.29, 1.82) is 0 Å². The zero-order valence-corrected chi connectivity index (χ0v) is 11.1. The van der Waals surface area contributed by atoms with Crippen molar-refractivity contribution in [2.75, 3.05) is 19.7 Å². The fourth-order valence-corrected chi connectivity index (χ4v) is 2.61. The van der Waals surface area contributed by atoms with Crippen LogP contribution in [0.15, 0.2) is 24.4 Å². The zero-order chi connectivity index (χ0) is 12.8. The summed E-state index contributed by atoms with van der Waals surface area (Å²) in [6.07, 6.45) is 4.41. The molecule has 0 radical (unpaired) electrons. The van der Waals surface area contributed by atoms with Gasteiger partial charge in [0.1, 0.15) is 0 Å². The van der Waals surface area contributed by atoms with E-state index in [1.807, 2.05) is 18.3 Å². The Kier molecular flexibility index (Phi) is 5.11. The molecular formula is C14H23N3O. The van der Waals surface area contributed by atoms with Crippen LogP contribution in [-0.2, 0) is 11.3 Å². The van der Waals surface area contributed by atoms with E-state index in [1.165, 1.54) is 0 Å². The predicted octanol–water partition coefficient (Wildman–Crippen LogP) is 1.41. The molecule has 0 bridgehead atoms. The smallest absolute Gasteiger partial charge is 0.0743 e. The maximum absolute atomic E-state index is 5.94. The van der Waals surface area contributed by atoms with Gasteiger partial charge in [0.25, 0.3) is 0 Å². The third kappa shape index (κ3) is 3.28. The summed E-state index contributed by atoms with van der Waals surface area (Å²) in [7, 11) is 0. The van der Waals surface area contributed by atoms with E-state index in [0.29, 0.717) is 18.7 Å². The summed E-state index contributed by atoms with van der Waals surface area (Å²) in [5.41, 5.74) is 7.03. The Morgan fingerprint density at radius 3 is 3.00 bits per heavy atom. The number of pyridine rings is 1. The normalized spacial score (nSPS) is 21.4. The van der Waals surface area contributed by atoms with Gasteiger partial charge in [0, 0.05) is 31.9 Å². The number of nitrogens with two attached hydrogens (primary N) is 1. The van der Waals surface area contributed by atoms with Crippen LogP contribution in [0, 0.1) is 0 Å². The topological polar surface area (TPSA) is 51.4 Å². The van der Waals surface area contributed by atoms with Gasteiger partial charge in [-0.15, -0.1) is 0 Å². The first-order valence-corrected chi connectivity index (χ1v) is 6.80. The van der Waals surface area contributed by atoms with Crippen molar-refractivity contribution in [3.63, 3.8) is 0 Å². The van der Waals surface area contributed by atoms with Gasteiger partial charge in [0.05, 0.1) is 11.8 Å². The molecule has 4 nitrogen and oxygen atoms in total. The quantitative estimate of drug-likeness (QED) is 0.828. The Morgan fingerprint density at radius 2 is 2.44 bits per heavy atom. The lowest BCUT2D eigenvalue weighted by atomic mass is 10.1. The molecule has 2 unspecified atom stereocenters. The van der Waals surface area contributed by atoms with Crippen LogP contribution < -0.4 is 5.73 Å². The van der Waals surface area contributed by atoms with Crippen LogP contribution in [-0.4, -0.2) is 41.7 Å². The van der Waals surface area contributed by atoms with Crippen LogP contribution in [0.4, 0.5) is 0 Å². The summed E-state index contributed by atoms with van der Waals surface area (Å²) >= 11 is 0. The van der Waals surface area contributed by atoms with Gasteiger partial charge in [-0.25, -0.2) is 0 Å². The zero-order valence-electron chi connectivity index (χ0n) is 11.1. The lowest BCUT2D eigenvalue weighted by Crippen LogP contribution is -2.47. The molecule has 0 saturated carbocycles. The maximum atomic E-state index is 5.94. The molecule has 1 aliphatic rings. The summed E-state index contributed by atoms with van der Waals surface area (Å²) < 4.78 is 5.78. The Morgan fingerprint density at radius 1 is 1.56 bits per heavy atom. The van der Waals surface area contributed by atoms with Crippen molar-refractivity contribution in [3.8, 4) is 0 Å². The molecule has 0 aromatic carbocycles. The van der Waals surface area contributed by atoms with Gasteiger partial charge in [-0.05, 0) is 31.5 Å². The largest absolute Gasteiger partial charge is 0.377 e. The van der Waals surface area contributed by atoms with E-state index in [4.69, 9.17) is 10.5 Å². The van der Waals surface area contributed by atoms with E-state index >= 15 is 0 Å². The van der Waals surface area contributed by atoms with Gasteiger partial charge in [-0.3, -0.25) is 9.88 Å². The molecule has 0 aliphatic carbocycles. The maximum Gasteiger partial charge on any atom is 0.0743 e. The molecule has 1 aliphatic heterocycles. The number of nitrogens with zero attached hydrogens (tertiary/aromatic N) is 2. The van der Waals surface area contributed by atoms with Gasteiger partial charge in [-0.2, -0.15) is 0 Å². The predicted molar refractivity (Wildman–Crippen MR) is 72.1 cm³/mol. The first-order valence-electron chi connectivity index (χ1n) is 6.80. The Balaban J connectivity index is 2.01. The first kappa shape index (κ1) is 13.5. The van der Waals surface area contributed by atoms with Crippen molar-refractivity contribution in [3.05, 3.63) is 30.1 Å². The molecule has 0 spiro atoms. The van der Waals surface area contributed by atoms with Crippen LogP contribution >= 0.6 is 0 Å². The Labute approximate surface area is 109 Å². The lowest BCUT2D eigenvalue weighted by Gasteiger charge is -2.33. The highest BCUT2D eigenvalue weighted by Crippen LogP contribution is 2.20. The van der Waals surface area contributed by atoms with E-state index in [9.17, 15) is 0 Å². The standard InChI is InChI=1S/C14H23N3O/c1-2-17(11-12-6-3-4-8-16-12)13(10-15)14-7-5-9-18-14/h3-4,6,8,13-14H,2,5,7,9-11,15H2,1H3. The van der Waals surface area contributed by atoms with Gasteiger partial charge in [0.2, 0.25) is 0 Å². The van der Waals surface area contributed by atoms with E-state index < -0.39 is 0 Å². The molecule has 1 aromatic heterocycles. The van der Waals surface area contributed by atoms with Crippen molar-refractivity contribution in [1.82, 2.24) is 9.88 Å². The molecule has 1 aromatic rings. The third-order valence-electron chi connectivity index (χ3n) is 3.60. The molecule has 2 atom stereocenters. The highest BCUT2D eigenvalue weighted by molar-refractivity contribution is 5.04. The minimum atomic E-state index is 0.290. The second-order valence-electron chi connectivity index (χ2n) is 4.74. The Bertz CT molecular complexity index is 338. The summed E-state index contributed by atoms with van der Waals surface area (Å²) in [5.74, 6) is 0. The van der Waals surface area contributed by atoms with Gasteiger partial charge >= 0.3 is 0 Å². The van der Waals surface area contributed by atoms with E-state index in [1.54, 1.807) is 0 Å². The van der Waals surface area contributed by atoms with Crippen molar-refractivity contribution < 1.29 is 4.74 Å². The van der Waals surface area contributed by atoms with Crippen LogP contribution in [0.5, 0.6) is 0 Å². The molecule has 18 heavy (non-hydrogen) atoms. The number of rotatable bonds is 6. The molecule has 4 heteroatoms. The molecule has 2 N–H and O–H groups in total. The number of ether oxygens (including phenoxy) is 1. The number of aromatic nitrogens is 1. The summed E-state index contributed by atoms with van der Waals surface area (Å²) in [4.78, 5) is 6.76. The lowest BCUT2D eigenvalue weighted by molar-refractivity contribution is 0.0254. The molecule has 2 rings (SSSR count).